The SMILES string of the molecule is O=Cc1ncc(Br)cc1OCc1cc(Cl)cc(Cl)c1. The van der Waals surface area contributed by atoms with E-state index in [1.54, 1.807) is 24.3 Å². The van der Waals surface area contributed by atoms with Crippen LogP contribution in [-0.4, -0.2) is 11.3 Å². The highest BCUT2D eigenvalue weighted by molar-refractivity contribution is 9.10. The second-order valence-corrected chi connectivity index (χ2v) is 5.51. The minimum Gasteiger partial charge on any atom is -0.486 e. The zero-order valence-electron chi connectivity index (χ0n) is 9.57. The van der Waals surface area contributed by atoms with Crippen molar-refractivity contribution in [3.8, 4) is 5.75 Å². The van der Waals surface area contributed by atoms with E-state index in [1.807, 2.05) is 0 Å². The number of aromatic nitrogens is 1. The van der Waals surface area contributed by atoms with Gasteiger partial charge >= 0.3 is 0 Å². The molecule has 0 saturated heterocycles. The molecule has 0 amide bonds. The van der Waals surface area contributed by atoms with Crippen molar-refractivity contribution in [2.75, 3.05) is 0 Å². The molecule has 2 rings (SSSR count). The first kappa shape index (κ1) is 14.3. The summed E-state index contributed by atoms with van der Waals surface area (Å²) in [5.74, 6) is 0.403. The van der Waals surface area contributed by atoms with Gasteiger partial charge in [-0.25, -0.2) is 4.98 Å². The number of pyridine rings is 1. The van der Waals surface area contributed by atoms with Gasteiger partial charge in [0.15, 0.2) is 6.29 Å². The predicted octanol–water partition coefficient (Wildman–Crippen LogP) is 4.54. The highest BCUT2D eigenvalue weighted by Crippen LogP contribution is 2.23. The average molecular weight is 361 g/mol. The van der Waals surface area contributed by atoms with Gasteiger partial charge in [-0.15, -0.1) is 0 Å². The molecule has 1 aromatic heterocycles. The van der Waals surface area contributed by atoms with Gasteiger partial charge in [-0.2, -0.15) is 0 Å². The number of carbonyl (C=O) groups is 1. The van der Waals surface area contributed by atoms with Crippen LogP contribution in [-0.2, 0) is 6.61 Å². The number of halogens is 3. The first-order valence-electron chi connectivity index (χ1n) is 5.27. The Balaban J connectivity index is 2.18. The van der Waals surface area contributed by atoms with Crippen molar-refractivity contribution in [1.29, 1.82) is 0 Å². The molecule has 2 aromatic rings. The third-order valence-electron chi connectivity index (χ3n) is 2.28. The zero-order chi connectivity index (χ0) is 13.8. The van der Waals surface area contributed by atoms with E-state index in [2.05, 4.69) is 20.9 Å². The predicted molar refractivity (Wildman–Crippen MR) is 78.1 cm³/mol. The molecule has 1 heterocycles. The van der Waals surface area contributed by atoms with E-state index in [0.717, 1.165) is 10.0 Å². The molecule has 0 aliphatic rings. The van der Waals surface area contributed by atoms with Crippen molar-refractivity contribution in [1.82, 2.24) is 4.98 Å². The monoisotopic (exact) mass is 359 g/mol. The largest absolute Gasteiger partial charge is 0.486 e. The molecule has 0 radical (unpaired) electrons. The zero-order valence-corrected chi connectivity index (χ0v) is 12.7. The van der Waals surface area contributed by atoms with Gasteiger partial charge in [0.2, 0.25) is 0 Å². The Labute approximate surface area is 128 Å². The molecule has 0 spiro atoms. The minimum atomic E-state index is 0.247. The van der Waals surface area contributed by atoms with Crippen LogP contribution in [0, 0.1) is 0 Å². The molecule has 3 nitrogen and oxygen atoms in total. The van der Waals surface area contributed by atoms with Crippen LogP contribution in [0.1, 0.15) is 16.1 Å². The van der Waals surface area contributed by atoms with Crippen LogP contribution < -0.4 is 4.74 Å². The lowest BCUT2D eigenvalue weighted by atomic mass is 10.2. The van der Waals surface area contributed by atoms with Crippen molar-refractivity contribution in [2.45, 2.75) is 6.61 Å². The van der Waals surface area contributed by atoms with Crippen LogP contribution in [0.25, 0.3) is 0 Å². The molecule has 0 bridgehead atoms. The van der Waals surface area contributed by atoms with Gasteiger partial charge in [0.1, 0.15) is 18.1 Å². The maximum atomic E-state index is 10.9. The van der Waals surface area contributed by atoms with Crippen molar-refractivity contribution in [3.63, 3.8) is 0 Å². The van der Waals surface area contributed by atoms with Gasteiger partial charge in [-0.05, 0) is 45.8 Å². The van der Waals surface area contributed by atoms with Crippen LogP contribution in [0.2, 0.25) is 10.0 Å². The normalized spacial score (nSPS) is 10.3. The van der Waals surface area contributed by atoms with Crippen molar-refractivity contribution < 1.29 is 9.53 Å². The summed E-state index contributed by atoms with van der Waals surface area (Å²) >= 11 is 15.1. The van der Waals surface area contributed by atoms with Crippen molar-refractivity contribution >= 4 is 45.4 Å². The molecular weight excluding hydrogens is 353 g/mol. The minimum absolute atomic E-state index is 0.247. The van der Waals surface area contributed by atoms with E-state index in [4.69, 9.17) is 27.9 Å². The lowest BCUT2D eigenvalue weighted by molar-refractivity contribution is 0.111. The van der Waals surface area contributed by atoms with E-state index in [1.165, 1.54) is 6.20 Å². The molecule has 0 aliphatic heterocycles. The fourth-order valence-corrected chi connectivity index (χ4v) is 2.37. The van der Waals surface area contributed by atoms with Crippen LogP contribution in [0.15, 0.2) is 34.9 Å². The van der Waals surface area contributed by atoms with Crippen LogP contribution in [0.5, 0.6) is 5.75 Å². The van der Waals surface area contributed by atoms with E-state index < -0.39 is 0 Å². The first-order chi connectivity index (χ1) is 9.08. The number of hydrogen-bond donors (Lipinski definition) is 0. The molecule has 1 aromatic carbocycles. The summed E-state index contributed by atoms with van der Waals surface area (Å²) in [5, 5.41) is 1.07. The third-order valence-corrected chi connectivity index (χ3v) is 3.15. The molecule has 19 heavy (non-hydrogen) atoms. The fraction of sp³-hybridized carbons (Fsp3) is 0.0769. The van der Waals surface area contributed by atoms with Gasteiger partial charge < -0.3 is 4.74 Å². The third kappa shape index (κ3) is 3.93. The quantitative estimate of drug-likeness (QED) is 0.751. The van der Waals surface area contributed by atoms with Crippen LogP contribution in [0.4, 0.5) is 0 Å². The molecule has 0 aliphatic carbocycles. The van der Waals surface area contributed by atoms with Crippen LogP contribution in [0.3, 0.4) is 0 Å². The molecule has 0 unspecified atom stereocenters. The Hall–Kier alpha value is -1.10. The Morgan fingerprint density at radius 1 is 1.21 bits per heavy atom. The summed E-state index contributed by atoms with van der Waals surface area (Å²) in [6.07, 6.45) is 2.18. The summed E-state index contributed by atoms with van der Waals surface area (Å²) in [5.41, 5.74) is 1.06. The van der Waals surface area contributed by atoms with E-state index in [0.29, 0.717) is 22.1 Å². The summed E-state index contributed by atoms with van der Waals surface area (Å²) < 4.78 is 6.30. The number of carbonyl (C=O) groups excluding carboxylic acids is 1. The standard InChI is InChI=1S/C13H8BrCl2NO2/c14-9-3-13(12(6-18)17-5-9)19-7-8-1-10(15)4-11(16)2-8/h1-6H,7H2. The smallest absolute Gasteiger partial charge is 0.172 e. The Morgan fingerprint density at radius 2 is 1.89 bits per heavy atom. The second-order valence-electron chi connectivity index (χ2n) is 3.72. The first-order valence-corrected chi connectivity index (χ1v) is 6.82. The molecule has 98 valence electrons. The Kier molecular flexibility index (Phi) is 4.80. The summed E-state index contributed by atoms with van der Waals surface area (Å²) in [6.45, 7) is 0.249. The molecular formula is C13H8BrCl2NO2. The Bertz CT molecular complexity index is 599. The highest BCUT2D eigenvalue weighted by Gasteiger charge is 2.06. The van der Waals surface area contributed by atoms with E-state index >= 15 is 0 Å². The van der Waals surface area contributed by atoms with Crippen molar-refractivity contribution in [2.24, 2.45) is 0 Å². The summed E-state index contributed by atoms with van der Waals surface area (Å²) in [7, 11) is 0. The number of hydrogen-bond acceptors (Lipinski definition) is 3. The van der Waals surface area contributed by atoms with Crippen molar-refractivity contribution in [3.05, 3.63) is 56.2 Å². The van der Waals surface area contributed by atoms with E-state index in [-0.39, 0.29) is 12.3 Å². The second kappa shape index (κ2) is 6.37. The molecule has 6 heteroatoms. The number of aldehydes is 1. The Morgan fingerprint density at radius 3 is 2.53 bits per heavy atom. The van der Waals surface area contributed by atoms with E-state index in [9.17, 15) is 4.79 Å². The van der Waals surface area contributed by atoms with Gasteiger partial charge in [0.05, 0.1) is 0 Å². The van der Waals surface area contributed by atoms with Crippen LogP contribution >= 0.6 is 39.1 Å². The van der Waals surface area contributed by atoms with Gasteiger partial charge in [0.25, 0.3) is 0 Å². The highest BCUT2D eigenvalue weighted by atomic mass is 79.9. The fourth-order valence-electron chi connectivity index (χ4n) is 1.49. The molecule has 0 fully saturated rings. The van der Waals surface area contributed by atoms with Gasteiger partial charge in [-0.3, -0.25) is 4.79 Å². The molecule has 0 atom stereocenters. The summed E-state index contributed by atoms with van der Waals surface area (Å²) in [4.78, 5) is 14.8. The topological polar surface area (TPSA) is 39.2 Å². The lowest BCUT2D eigenvalue weighted by Crippen LogP contribution is -2.00. The lowest BCUT2D eigenvalue weighted by Gasteiger charge is -2.09. The number of nitrogens with zero attached hydrogens (tertiary/aromatic N) is 1. The molecule has 0 N–H and O–H groups in total. The number of benzene rings is 1. The maximum absolute atomic E-state index is 10.9. The van der Waals surface area contributed by atoms with Gasteiger partial charge in [0, 0.05) is 20.7 Å². The van der Waals surface area contributed by atoms with Gasteiger partial charge in [-0.1, -0.05) is 23.2 Å². The molecule has 0 saturated carbocycles. The summed E-state index contributed by atoms with van der Waals surface area (Å²) in [6, 6.07) is 6.83. The number of rotatable bonds is 4. The maximum Gasteiger partial charge on any atom is 0.172 e. The number of ether oxygens (including phenoxy) is 1. The average Bonchev–Trinajstić information content (AvgIpc) is 2.35.